The molecule has 0 radical (unpaired) electrons. The summed E-state index contributed by atoms with van der Waals surface area (Å²) in [5.41, 5.74) is 3.60. The molecule has 1 amide bonds. The molecule has 7 heteroatoms. The first kappa shape index (κ1) is 18.4. The van der Waals surface area contributed by atoms with Gasteiger partial charge in [0.25, 0.3) is 5.91 Å². The van der Waals surface area contributed by atoms with Gasteiger partial charge in [-0.1, -0.05) is 30.3 Å². The van der Waals surface area contributed by atoms with Crippen LogP contribution in [0.1, 0.15) is 39.6 Å². The number of aromatic amines is 1. The molecule has 2 heterocycles. The van der Waals surface area contributed by atoms with Crippen LogP contribution in [0.2, 0.25) is 0 Å². The van der Waals surface area contributed by atoms with Crippen LogP contribution in [0.15, 0.2) is 30.3 Å². The van der Waals surface area contributed by atoms with E-state index in [2.05, 4.69) is 20.8 Å². The van der Waals surface area contributed by atoms with Crippen LogP contribution in [0.5, 0.6) is 0 Å². The van der Waals surface area contributed by atoms with Gasteiger partial charge in [-0.3, -0.25) is 9.89 Å². The molecule has 3 rings (SSSR count). The van der Waals surface area contributed by atoms with Gasteiger partial charge in [-0.2, -0.15) is 5.10 Å². The van der Waals surface area contributed by atoms with E-state index in [1.54, 1.807) is 0 Å². The molecule has 0 bridgehead atoms. The quantitative estimate of drug-likeness (QED) is 0.633. The molecule has 0 aliphatic carbocycles. The normalized spacial score (nSPS) is 14.4. The van der Waals surface area contributed by atoms with Crippen LogP contribution in [0, 0.1) is 0 Å². The van der Waals surface area contributed by atoms with Crippen LogP contribution in [0.4, 0.5) is 0 Å². The van der Waals surface area contributed by atoms with Gasteiger partial charge in [0.05, 0.1) is 0 Å². The van der Waals surface area contributed by atoms with Crippen LogP contribution in [0.3, 0.4) is 0 Å². The summed E-state index contributed by atoms with van der Waals surface area (Å²) in [5.74, 6) is -0.0666. The van der Waals surface area contributed by atoms with E-state index in [1.165, 1.54) is 0 Å². The number of aliphatic hydroxyl groups excluding tert-OH is 1. The summed E-state index contributed by atoms with van der Waals surface area (Å²) in [7, 11) is 0. The molecule has 1 aliphatic rings. The fraction of sp³-hybridized carbons (Fsp3) is 0.412. The van der Waals surface area contributed by atoms with Gasteiger partial charge in [-0.25, -0.2) is 0 Å². The first-order chi connectivity index (χ1) is 11.3. The molecule has 6 nitrogen and oxygen atoms in total. The molecule has 0 fully saturated rings. The topological polar surface area (TPSA) is 90.0 Å². The van der Waals surface area contributed by atoms with Gasteiger partial charge in [-0.05, 0) is 12.0 Å². The van der Waals surface area contributed by atoms with Gasteiger partial charge < -0.3 is 15.7 Å². The van der Waals surface area contributed by atoms with Gasteiger partial charge in [0.15, 0.2) is 5.69 Å². The number of carbonyl (C=O) groups is 1. The van der Waals surface area contributed by atoms with Crippen LogP contribution in [0.25, 0.3) is 0 Å². The van der Waals surface area contributed by atoms with Crippen molar-refractivity contribution in [3.05, 3.63) is 52.8 Å². The number of aliphatic hydroxyl groups is 1. The first-order valence-electron chi connectivity index (χ1n) is 8.00. The average molecular weight is 351 g/mol. The number of aromatic nitrogens is 2. The summed E-state index contributed by atoms with van der Waals surface area (Å²) in [5, 5.41) is 22.6. The number of nitrogens with one attached hydrogen (secondary N) is 3. The molecule has 0 spiro atoms. The predicted octanol–water partition coefficient (Wildman–Crippen LogP) is 1.37. The Kier molecular flexibility index (Phi) is 6.78. The second-order valence-electron chi connectivity index (χ2n) is 5.79. The summed E-state index contributed by atoms with van der Waals surface area (Å²) < 4.78 is 0. The van der Waals surface area contributed by atoms with Crippen molar-refractivity contribution in [3.63, 3.8) is 0 Å². The number of fused-ring (bicyclic) bond motifs is 1. The summed E-state index contributed by atoms with van der Waals surface area (Å²) in [6, 6.07) is 9.94. The van der Waals surface area contributed by atoms with Gasteiger partial charge in [0.1, 0.15) is 0 Å². The van der Waals surface area contributed by atoms with Crippen molar-refractivity contribution in [3.8, 4) is 0 Å². The molecule has 1 unspecified atom stereocenters. The zero-order valence-electron chi connectivity index (χ0n) is 13.4. The molecule has 2 aromatic rings. The molecule has 0 saturated carbocycles. The molecule has 1 aromatic carbocycles. The number of nitrogens with zero attached hydrogens (tertiary/aromatic N) is 1. The van der Waals surface area contributed by atoms with E-state index in [0.717, 1.165) is 29.8 Å². The van der Waals surface area contributed by atoms with E-state index in [9.17, 15) is 9.90 Å². The molecular formula is C17H23ClN4O2. The predicted molar refractivity (Wildman–Crippen MR) is 94.5 cm³/mol. The van der Waals surface area contributed by atoms with Crippen molar-refractivity contribution in [2.24, 2.45) is 0 Å². The van der Waals surface area contributed by atoms with Crippen molar-refractivity contribution in [1.82, 2.24) is 20.8 Å². The Morgan fingerprint density at radius 3 is 2.88 bits per heavy atom. The largest absolute Gasteiger partial charge is 0.396 e. The van der Waals surface area contributed by atoms with Crippen LogP contribution >= 0.6 is 12.4 Å². The van der Waals surface area contributed by atoms with Crippen molar-refractivity contribution in [1.29, 1.82) is 0 Å². The number of amides is 1. The summed E-state index contributed by atoms with van der Waals surface area (Å²) in [4.78, 5) is 12.4. The molecule has 1 aliphatic heterocycles. The number of hydrogen-bond donors (Lipinski definition) is 4. The third-order valence-electron chi connectivity index (χ3n) is 4.28. The van der Waals surface area contributed by atoms with Gasteiger partial charge in [0, 0.05) is 49.8 Å². The van der Waals surface area contributed by atoms with E-state index >= 15 is 0 Å². The van der Waals surface area contributed by atoms with Crippen LogP contribution < -0.4 is 10.6 Å². The van der Waals surface area contributed by atoms with Crippen LogP contribution in [-0.4, -0.2) is 40.9 Å². The maximum absolute atomic E-state index is 12.4. The summed E-state index contributed by atoms with van der Waals surface area (Å²) in [6.07, 6.45) is 1.48. The molecule has 4 N–H and O–H groups in total. The van der Waals surface area contributed by atoms with Crippen molar-refractivity contribution < 1.29 is 9.90 Å². The highest BCUT2D eigenvalue weighted by Crippen LogP contribution is 2.19. The van der Waals surface area contributed by atoms with Crippen molar-refractivity contribution in [2.75, 3.05) is 19.7 Å². The number of H-pyrrole nitrogens is 1. The third kappa shape index (κ3) is 4.14. The minimum atomic E-state index is -0.162. The first-order valence-corrected chi connectivity index (χ1v) is 8.00. The lowest BCUT2D eigenvalue weighted by Crippen LogP contribution is -2.31. The zero-order valence-corrected chi connectivity index (χ0v) is 14.2. The maximum Gasteiger partial charge on any atom is 0.272 e. The minimum absolute atomic E-state index is 0. The highest BCUT2D eigenvalue weighted by Gasteiger charge is 2.22. The Hall–Kier alpha value is -1.89. The number of rotatable bonds is 6. The Bertz CT molecular complexity index is 660. The highest BCUT2D eigenvalue weighted by molar-refractivity contribution is 5.94. The lowest BCUT2D eigenvalue weighted by molar-refractivity contribution is 0.0943. The van der Waals surface area contributed by atoms with Gasteiger partial charge >= 0.3 is 0 Å². The van der Waals surface area contributed by atoms with E-state index in [1.807, 2.05) is 30.3 Å². The minimum Gasteiger partial charge on any atom is -0.396 e. The molecule has 24 heavy (non-hydrogen) atoms. The summed E-state index contributed by atoms with van der Waals surface area (Å²) in [6.45, 7) is 2.16. The molecular weight excluding hydrogens is 328 g/mol. The Morgan fingerprint density at radius 1 is 1.33 bits per heavy atom. The smallest absolute Gasteiger partial charge is 0.272 e. The third-order valence-corrected chi connectivity index (χ3v) is 4.28. The van der Waals surface area contributed by atoms with Gasteiger partial charge in [-0.15, -0.1) is 12.4 Å². The van der Waals surface area contributed by atoms with Crippen molar-refractivity contribution >= 4 is 18.3 Å². The standard InChI is InChI=1S/C17H22N4O2.ClH/c22-9-7-13(12-4-2-1-3-5-12)10-19-17(23)16-14-11-18-8-6-15(14)20-21-16;/h1-5,13,18,22H,6-11H2,(H,19,23)(H,20,21);1H. The van der Waals surface area contributed by atoms with E-state index < -0.39 is 0 Å². The van der Waals surface area contributed by atoms with E-state index in [0.29, 0.717) is 25.2 Å². The molecule has 1 atom stereocenters. The van der Waals surface area contributed by atoms with E-state index in [-0.39, 0.29) is 30.8 Å². The second kappa shape index (κ2) is 8.82. The number of benzene rings is 1. The maximum atomic E-state index is 12.4. The molecule has 130 valence electrons. The average Bonchev–Trinajstić information content (AvgIpc) is 3.03. The fourth-order valence-electron chi connectivity index (χ4n) is 2.98. The van der Waals surface area contributed by atoms with Crippen molar-refractivity contribution in [2.45, 2.75) is 25.3 Å². The Labute approximate surface area is 147 Å². The number of hydrogen-bond acceptors (Lipinski definition) is 4. The number of carbonyl (C=O) groups excluding carboxylic acids is 1. The molecule has 0 saturated heterocycles. The lowest BCUT2D eigenvalue weighted by Gasteiger charge is -2.17. The number of halogens is 1. The second-order valence-corrected chi connectivity index (χ2v) is 5.79. The van der Waals surface area contributed by atoms with Gasteiger partial charge in [0.2, 0.25) is 0 Å². The lowest BCUT2D eigenvalue weighted by atomic mass is 9.96. The Balaban J connectivity index is 0.00000208. The fourth-order valence-corrected chi connectivity index (χ4v) is 2.98. The Morgan fingerprint density at radius 2 is 2.12 bits per heavy atom. The van der Waals surface area contributed by atoms with E-state index in [4.69, 9.17) is 0 Å². The molecule has 1 aromatic heterocycles. The zero-order chi connectivity index (χ0) is 16.1. The monoisotopic (exact) mass is 350 g/mol. The van der Waals surface area contributed by atoms with Crippen LogP contribution in [-0.2, 0) is 13.0 Å². The highest BCUT2D eigenvalue weighted by atomic mass is 35.5. The summed E-state index contributed by atoms with van der Waals surface area (Å²) >= 11 is 0. The SMILES string of the molecule is Cl.O=C(NCC(CCO)c1ccccc1)c1n[nH]c2c1CNCC2.